The van der Waals surface area contributed by atoms with Crippen molar-refractivity contribution in [3.05, 3.63) is 70.1 Å². The first-order chi connectivity index (χ1) is 15.6. The molecule has 1 amide bonds. The number of aromatic amines is 1. The summed E-state index contributed by atoms with van der Waals surface area (Å²) < 4.78 is 30.9. The number of rotatable bonds is 8. The lowest BCUT2D eigenvalue weighted by molar-refractivity contribution is -0.115. The van der Waals surface area contributed by atoms with Crippen LogP contribution in [0, 0.1) is 13.8 Å². The van der Waals surface area contributed by atoms with Gasteiger partial charge in [0.1, 0.15) is 5.75 Å². The Morgan fingerprint density at radius 2 is 1.82 bits per heavy atom. The fourth-order valence-corrected chi connectivity index (χ4v) is 5.15. The highest BCUT2D eigenvalue weighted by atomic mass is 32.2. The van der Waals surface area contributed by atoms with Crippen LogP contribution in [0.5, 0.6) is 5.75 Å². The van der Waals surface area contributed by atoms with Crippen LogP contribution in [0.1, 0.15) is 24.5 Å². The Labute approximate surface area is 196 Å². The van der Waals surface area contributed by atoms with E-state index in [4.69, 9.17) is 4.74 Å². The van der Waals surface area contributed by atoms with Crippen molar-refractivity contribution in [1.29, 1.82) is 0 Å². The zero-order chi connectivity index (χ0) is 24.2. The number of thioether (sulfide) groups is 1. The number of carbonyl (C=O) groups is 1. The van der Waals surface area contributed by atoms with Gasteiger partial charge in [-0.1, -0.05) is 42.4 Å². The first-order valence-electron chi connectivity index (χ1n) is 10.2. The molecule has 0 bridgehead atoms. The molecule has 0 aliphatic carbocycles. The van der Waals surface area contributed by atoms with Gasteiger partial charge in [-0.3, -0.25) is 9.59 Å². The summed E-state index contributed by atoms with van der Waals surface area (Å²) in [6.07, 6.45) is 1.49. The third kappa shape index (κ3) is 5.63. The van der Waals surface area contributed by atoms with E-state index >= 15 is 0 Å². The van der Waals surface area contributed by atoms with Crippen molar-refractivity contribution in [2.45, 2.75) is 47.4 Å². The number of aromatic nitrogens is 2. The second-order valence-corrected chi connectivity index (χ2v) is 10.5. The van der Waals surface area contributed by atoms with Gasteiger partial charge in [0.25, 0.3) is 5.56 Å². The normalized spacial score (nSPS) is 12.2. The van der Waals surface area contributed by atoms with Crippen LogP contribution in [-0.2, 0) is 14.6 Å². The summed E-state index contributed by atoms with van der Waals surface area (Å²) in [5.41, 5.74) is 1.62. The monoisotopic (exact) mass is 487 g/mol. The Hall–Kier alpha value is -3.11. The number of nitrogens with zero attached hydrogens (tertiary/aromatic N) is 1. The van der Waals surface area contributed by atoms with Gasteiger partial charge in [0.05, 0.1) is 29.1 Å². The van der Waals surface area contributed by atoms with Gasteiger partial charge in [0.2, 0.25) is 15.7 Å². The van der Waals surface area contributed by atoms with Crippen LogP contribution in [0.2, 0.25) is 0 Å². The molecular weight excluding hydrogens is 462 g/mol. The van der Waals surface area contributed by atoms with E-state index in [1.54, 1.807) is 24.3 Å². The summed E-state index contributed by atoms with van der Waals surface area (Å²) in [6, 6.07) is 11.7. The van der Waals surface area contributed by atoms with Crippen molar-refractivity contribution < 1.29 is 17.9 Å². The van der Waals surface area contributed by atoms with Crippen LogP contribution in [0.4, 0.5) is 5.69 Å². The zero-order valence-corrected chi connectivity index (χ0v) is 20.3. The lowest BCUT2D eigenvalue weighted by Crippen LogP contribution is -2.26. The SMILES string of the molecule is CCC(Sc1ncc(S(=O)(=O)c2ccc(C)cc2)c(=O)[nH]1)C(=O)Nc1cc(C)ccc1OC. The number of benzene rings is 2. The predicted octanol–water partition coefficient (Wildman–Crippen LogP) is 3.74. The molecule has 0 aliphatic heterocycles. The molecule has 0 radical (unpaired) electrons. The van der Waals surface area contributed by atoms with Crippen LogP contribution in [0.15, 0.2) is 68.4 Å². The summed E-state index contributed by atoms with van der Waals surface area (Å²) in [5.74, 6) is 0.247. The zero-order valence-electron chi connectivity index (χ0n) is 18.7. The molecule has 0 saturated heterocycles. The third-order valence-electron chi connectivity index (χ3n) is 4.89. The quantitative estimate of drug-likeness (QED) is 0.367. The van der Waals surface area contributed by atoms with E-state index in [0.29, 0.717) is 17.9 Å². The van der Waals surface area contributed by atoms with Crippen LogP contribution in [0.3, 0.4) is 0 Å². The van der Waals surface area contributed by atoms with Crippen LogP contribution in [-0.4, -0.2) is 36.7 Å². The van der Waals surface area contributed by atoms with Gasteiger partial charge < -0.3 is 15.0 Å². The highest BCUT2D eigenvalue weighted by Gasteiger charge is 2.24. The largest absolute Gasteiger partial charge is 0.495 e. The lowest BCUT2D eigenvalue weighted by Gasteiger charge is -2.16. The molecule has 8 nitrogen and oxygen atoms in total. The van der Waals surface area contributed by atoms with Crippen LogP contribution in [0.25, 0.3) is 0 Å². The van der Waals surface area contributed by atoms with Gasteiger partial charge in [0.15, 0.2) is 10.1 Å². The fraction of sp³-hybridized carbons (Fsp3) is 0.261. The molecule has 2 N–H and O–H groups in total. The molecule has 3 rings (SSSR count). The van der Waals surface area contributed by atoms with Crippen molar-refractivity contribution in [3.8, 4) is 5.75 Å². The average molecular weight is 488 g/mol. The molecule has 0 spiro atoms. The van der Waals surface area contributed by atoms with Gasteiger partial charge in [-0.05, 0) is 50.1 Å². The number of H-pyrrole nitrogens is 1. The maximum absolute atomic E-state index is 12.8. The number of aryl methyl sites for hydroxylation is 2. The number of amides is 1. The van der Waals surface area contributed by atoms with Gasteiger partial charge in [-0.2, -0.15) is 0 Å². The molecule has 1 unspecified atom stereocenters. The highest BCUT2D eigenvalue weighted by Crippen LogP contribution is 2.28. The number of ether oxygens (including phenoxy) is 1. The summed E-state index contributed by atoms with van der Waals surface area (Å²) >= 11 is 1.05. The molecule has 0 aliphatic rings. The van der Waals surface area contributed by atoms with Crippen molar-refractivity contribution >= 4 is 33.2 Å². The predicted molar refractivity (Wildman–Crippen MR) is 128 cm³/mol. The molecule has 3 aromatic rings. The fourth-order valence-electron chi connectivity index (χ4n) is 3.05. The lowest BCUT2D eigenvalue weighted by atomic mass is 10.2. The number of hydrogen-bond donors (Lipinski definition) is 2. The van der Waals surface area contributed by atoms with E-state index in [9.17, 15) is 18.0 Å². The van der Waals surface area contributed by atoms with E-state index in [2.05, 4.69) is 15.3 Å². The Kier molecular flexibility index (Phi) is 7.60. The maximum Gasteiger partial charge on any atom is 0.270 e. The van der Waals surface area contributed by atoms with Crippen molar-refractivity contribution in [1.82, 2.24) is 9.97 Å². The molecule has 0 fully saturated rings. The summed E-state index contributed by atoms with van der Waals surface area (Å²) in [7, 11) is -2.49. The smallest absolute Gasteiger partial charge is 0.270 e. The maximum atomic E-state index is 12.8. The van der Waals surface area contributed by atoms with Gasteiger partial charge >= 0.3 is 0 Å². The molecule has 174 valence electrons. The minimum atomic E-state index is -4.01. The minimum absolute atomic E-state index is 0.0127. The van der Waals surface area contributed by atoms with Gasteiger partial charge in [-0.15, -0.1) is 0 Å². The molecule has 1 aromatic heterocycles. The second kappa shape index (κ2) is 10.2. The molecule has 2 aromatic carbocycles. The summed E-state index contributed by atoms with van der Waals surface area (Å²) in [6.45, 7) is 5.58. The standard InChI is InChI=1S/C23H25N3O5S2/c1-5-19(21(27)25-17-12-15(3)8-11-18(17)31-4)32-23-24-13-20(22(28)26-23)33(29,30)16-9-6-14(2)7-10-16/h6-13,19H,5H2,1-4H3,(H,25,27)(H,24,26,28). The molecule has 33 heavy (non-hydrogen) atoms. The Bertz CT molecular complexity index is 1320. The number of methoxy groups -OCH3 is 1. The third-order valence-corrected chi connectivity index (χ3v) is 7.92. The second-order valence-electron chi connectivity index (χ2n) is 7.41. The van der Waals surface area contributed by atoms with Crippen molar-refractivity contribution in [3.63, 3.8) is 0 Å². The van der Waals surface area contributed by atoms with E-state index in [-0.39, 0.29) is 16.0 Å². The van der Waals surface area contributed by atoms with Crippen LogP contribution < -0.4 is 15.6 Å². The Balaban J connectivity index is 1.80. The molecular formula is C23H25N3O5S2. The van der Waals surface area contributed by atoms with Crippen LogP contribution >= 0.6 is 11.8 Å². The average Bonchev–Trinajstić information content (AvgIpc) is 2.77. The minimum Gasteiger partial charge on any atom is -0.495 e. The molecule has 10 heteroatoms. The Morgan fingerprint density at radius 3 is 2.42 bits per heavy atom. The first kappa shape index (κ1) is 24.5. The molecule has 1 atom stereocenters. The first-order valence-corrected chi connectivity index (χ1v) is 12.5. The highest BCUT2D eigenvalue weighted by molar-refractivity contribution is 8.00. The molecule has 1 heterocycles. The summed E-state index contributed by atoms with van der Waals surface area (Å²) in [4.78, 5) is 31.6. The van der Waals surface area contributed by atoms with Crippen molar-refractivity contribution in [2.24, 2.45) is 0 Å². The van der Waals surface area contributed by atoms with E-state index in [0.717, 1.165) is 29.1 Å². The summed E-state index contributed by atoms with van der Waals surface area (Å²) in [5, 5.41) is 2.43. The van der Waals surface area contributed by atoms with E-state index in [1.807, 2.05) is 26.8 Å². The van der Waals surface area contributed by atoms with Gasteiger partial charge in [-0.25, -0.2) is 13.4 Å². The molecule has 0 saturated carbocycles. The number of hydrogen-bond acceptors (Lipinski definition) is 7. The Morgan fingerprint density at radius 1 is 1.15 bits per heavy atom. The van der Waals surface area contributed by atoms with E-state index < -0.39 is 25.5 Å². The van der Waals surface area contributed by atoms with Crippen molar-refractivity contribution in [2.75, 3.05) is 12.4 Å². The number of sulfone groups is 1. The van der Waals surface area contributed by atoms with Gasteiger partial charge in [0, 0.05) is 0 Å². The number of carbonyl (C=O) groups excluding carboxylic acids is 1. The topological polar surface area (TPSA) is 118 Å². The number of nitrogens with one attached hydrogen (secondary N) is 2. The number of anilines is 1. The van der Waals surface area contributed by atoms with E-state index in [1.165, 1.54) is 19.2 Å².